The van der Waals surface area contributed by atoms with Crippen molar-refractivity contribution in [3.05, 3.63) is 17.7 Å². The first-order valence-corrected chi connectivity index (χ1v) is 8.90. The molecule has 0 atom stereocenters. The molecule has 1 aromatic rings. The topological polar surface area (TPSA) is 89.4 Å². The molecule has 118 valence electrons. The summed E-state index contributed by atoms with van der Waals surface area (Å²) in [6.07, 6.45) is 4.66. The Morgan fingerprint density at radius 3 is 2.29 bits per heavy atom. The predicted octanol–water partition coefficient (Wildman–Crippen LogP) is 2.24. The summed E-state index contributed by atoms with van der Waals surface area (Å²) < 4.78 is 23.4. The van der Waals surface area contributed by atoms with Crippen molar-refractivity contribution in [3.8, 4) is 0 Å². The third-order valence-corrected chi connectivity index (χ3v) is 5.61. The second-order valence-corrected chi connectivity index (χ2v) is 7.76. The van der Waals surface area contributed by atoms with E-state index < -0.39 is 10.0 Å². The molecule has 2 rings (SSSR count). The summed E-state index contributed by atoms with van der Waals surface area (Å²) >= 11 is 0. The number of primary sulfonamides is 1. The zero-order valence-electron chi connectivity index (χ0n) is 13.0. The van der Waals surface area contributed by atoms with Crippen LogP contribution in [0.4, 0.5) is 11.4 Å². The van der Waals surface area contributed by atoms with Crippen LogP contribution in [0.5, 0.6) is 0 Å². The lowest BCUT2D eigenvalue weighted by molar-refractivity contribution is 0.340. The van der Waals surface area contributed by atoms with Gasteiger partial charge in [-0.25, -0.2) is 13.6 Å². The lowest BCUT2D eigenvalue weighted by Gasteiger charge is -2.36. The first-order chi connectivity index (χ1) is 9.70. The molecule has 1 fully saturated rings. The highest BCUT2D eigenvalue weighted by molar-refractivity contribution is 7.89. The van der Waals surface area contributed by atoms with E-state index in [9.17, 15) is 8.42 Å². The third kappa shape index (κ3) is 3.49. The Morgan fingerprint density at radius 2 is 1.76 bits per heavy atom. The summed E-state index contributed by atoms with van der Waals surface area (Å²) in [7, 11) is -1.75. The number of nitrogens with two attached hydrogens (primary N) is 2. The number of sulfonamides is 1. The summed E-state index contributed by atoms with van der Waals surface area (Å²) in [4.78, 5) is 2.28. The van der Waals surface area contributed by atoms with Gasteiger partial charge in [-0.2, -0.15) is 0 Å². The van der Waals surface area contributed by atoms with Gasteiger partial charge < -0.3 is 10.6 Å². The predicted molar refractivity (Wildman–Crippen MR) is 86.8 cm³/mol. The van der Waals surface area contributed by atoms with Crippen molar-refractivity contribution in [3.63, 3.8) is 0 Å². The highest BCUT2D eigenvalue weighted by Crippen LogP contribution is 2.34. The Balaban J connectivity index is 2.37. The molecule has 0 amide bonds. The van der Waals surface area contributed by atoms with Crippen molar-refractivity contribution >= 4 is 21.4 Å². The normalized spacial score (nSPS) is 23.0. The molecule has 1 aliphatic carbocycles. The molecule has 0 radical (unpaired) electrons. The molecule has 5 nitrogen and oxygen atoms in total. The summed E-state index contributed by atoms with van der Waals surface area (Å²) in [5.74, 6) is 0.775. The first-order valence-electron chi connectivity index (χ1n) is 7.36. The molecule has 0 unspecified atom stereocenters. The zero-order chi connectivity index (χ0) is 15.8. The fourth-order valence-electron chi connectivity index (χ4n) is 3.18. The fourth-order valence-corrected chi connectivity index (χ4v) is 4.01. The number of hydrogen-bond acceptors (Lipinski definition) is 4. The van der Waals surface area contributed by atoms with Crippen LogP contribution in [0, 0.1) is 12.8 Å². The van der Waals surface area contributed by atoms with Gasteiger partial charge in [0.05, 0.1) is 4.90 Å². The number of benzene rings is 1. The van der Waals surface area contributed by atoms with E-state index in [4.69, 9.17) is 10.9 Å². The molecule has 4 N–H and O–H groups in total. The van der Waals surface area contributed by atoms with E-state index >= 15 is 0 Å². The lowest BCUT2D eigenvalue weighted by atomic mass is 9.86. The molecule has 0 spiro atoms. The van der Waals surface area contributed by atoms with E-state index in [-0.39, 0.29) is 4.90 Å². The maximum absolute atomic E-state index is 11.7. The van der Waals surface area contributed by atoms with Gasteiger partial charge in [-0.05, 0) is 56.2 Å². The molecular formula is C15H25N3O2S. The molecule has 0 heterocycles. The quantitative estimate of drug-likeness (QED) is 0.838. The van der Waals surface area contributed by atoms with E-state index in [1.807, 2.05) is 13.1 Å². The van der Waals surface area contributed by atoms with Crippen molar-refractivity contribution in [1.82, 2.24) is 0 Å². The highest BCUT2D eigenvalue weighted by Gasteiger charge is 2.25. The maximum Gasteiger partial charge on any atom is 0.238 e. The van der Waals surface area contributed by atoms with E-state index in [0.29, 0.717) is 17.3 Å². The van der Waals surface area contributed by atoms with Crippen molar-refractivity contribution < 1.29 is 8.42 Å². The lowest BCUT2D eigenvalue weighted by Crippen LogP contribution is -2.35. The Kier molecular flexibility index (Phi) is 4.49. The van der Waals surface area contributed by atoms with Crippen molar-refractivity contribution in [2.75, 3.05) is 17.7 Å². The van der Waals surface area contributed by atoms with Crippen LogP contribution >= 0.6 is 0 Å². The average molecular weight is 311 g/mol. The summed E-state index contributed by atoms with van der Waals surface area (Å²) in [5, 5.41) is 5.29. The SMILES string of the molecule is Cc1c(N(C)C2CCC(C)CC2)cc(N)cc1S(N)(=O)=O. The molecule has 0 aliphatic heterocycles. The molecular weight excluding hydrogens is 286 g/mol. The third-order valence-electron chi connectivity index (χ3n) is 4.57. The maximum atomic E-state index is 11.7. The number of anilines is 2. The van der Waals surface area contributed by atoms with Crippen LogP contribution in [0.25, 0.3) is 0 Å². The minimum Gasteiger partial charge on any atom is -0.399 e. The van der Waals surface area contributed by atoms with Gasteiger partial charge >= 0.3 is 0 Å². The summed E-state index contributed by atoms with van der Waals surface area (Å²) in [5.41, 5.74) is 7.83. The molecule has 6 heteroatoms. The van der Waals surface area contributed by atoms with Crippen LogP contribution in [0.2, 0.25) is 0 Å². The van der Waals surface area contributed by atoms with Gasteiger partial charge in [0, 0.05) is 24.5 Å². The van der Waals surface area contributed by atoms with E-state index in [1.165, 1.54) is 18.9 Å². The van der Waals surface area contributed by atoms with Gasteiger partial charge in [0.15, 0.2) is 0 Å². The van der Waals surface area contributed by atoms with Crippen molar-refractivity contribution in [2.45, 2.75) is 50.5 Å². The largest absolute Gasteiger partial charge is 0.399 e. The van der Waals surface area contributed by atoms with E-state index in [2.05, 4.69) is 11.8 Å². The van der Waals surface area contributed by atoms with Crippen molar-refractivity contribution in [1.29, 1.82) is 0 Å². The highest BCUT2D eigenvalue weighted by atomic mass is 32.2. The average Bonchev–Trinajstić information content (AvgIpc) is 2.40. The Bertz CT molecular complexity index is 620. The smallest absolute Gasteiger partial charge is 0.238 e. The van der Waals surface area contributed by atoms with Crippen LogP contribution < -0.4 is 15.8 Å². The fraction of sp³-hybridized carbons (Fsp3) is 0.600. The van der Waals surface area contributed by atoms with Crippen molar-refractivity contribution in [2.24, 2.45) is 11.1 Å². The van der Waals surface area contributed by atoms with Crippen LogP contribution in [0.3, 0.4) is 0 Å². The molecule has 0 bridgehead atoms. The van der Waals surface area contributed by atoms with Gasteiger partial charge in [-0.15, -0.1) is 0 Å². The molecule has 1 aliphatic rings. The Morgan fingerprint density at radius 1 is 1.19 bits per heavy atom. The van der Waals surface area contributed by atoms with Gasteiger partial charge in [-0.3, -0.25) is 0 Å². The summed E-state index contributed by atoms with van der Waals surface area (Å²) in [6, 6.07) is 3.70. The number of rotatable bonds is 3. The molecule has 1 aromatic carbocycles. The van der Waals surface area contributed by atoms with Crippen LogP contribution in [0.1, 0.15) is 38.2 Å². The molecule has 1 saturated carbocycles. The Hall–Kier alpha value is -1.27. The first kappa shape index (κ1) is 16.1. The molecule has 0 saturated heterocycles. The molecule has 0 aromatic heterocycles. The standard InChI is InChI=1S/C15H25N3O2S/c1-10-4-6-13(7-5-10)18(3)14-8-12(16)9-15(11(14)2)21(17,19)20/h8-10,13H,4-7,16H2,1-3H3,(H2,17,19,20). The van der Waals surface area contributed by atoms with E-state index in [1.54, 1.807) is 6.92 Å². The Labute approximate surface area is 127 Å². The number of nitrogens with zero attached hydrogens (tertiary/aromatic N) is 1. The number of nitrogen functional groups attached to an aromatic ring is 1. The van der Waals surface area contributed by atoms with Crippen LogP contribution in [-0.2, 0) is 10.0 Å². The second kappa shape index (κ2) is 5.85. The van der Waals surface area contributed by atoms with Gasteiger partial charge in [0.2, 0.25) is 10.0 Å². The van der Waals surface area contributed by atoms with Gasteiger partial charge in [-0.1, -0.05) is 6.92 Å². The monoisotopic (exact) mass is 311 g/mol. The van der Waals surface area contributed by atoms with Crippen LogP contribution in [0.15, 0.2) is 17.0 Å². The minimum atomic E-state index is -3.76. The van der Waals surface area contributed by atoms with Crippen LogP contribution in [-0.4, -0.2) is 21.5 Å². The second-order valence-electron chi connectivity index (χ2n) is 6.23. The summed E-state index contributed by atoms with van der Waals surface area (Å²) in [6.45, 7) is 4.07. The number of hydrogen-bond donors (Lipinski definition) is 2. The van der Waals surface area contributed by atoms with E-state index in [0.717, 1.165) is 24.4 Å². The van der Waals surface area contributed by atoms with Gasteiger partial charge in [0.25, 0.3) is 0 Å². The molecule has 21 heavy (non-hydrogen) atoms. The van der Waals surface area contributed by atoms with Gasteiger partial charge in [0.1, 0.15) is 0 Å². The minimum absolute atomic E-state index is 0.119. The zero-order valence-corrected chi connectivity index (χ0v) is 13.8.